The quantitative estimate of drug-likeness (QED) is 0.893. The van der Waals surface area contributed by atoms with Gasteiger partial charge in [0.1, 0.15) is 23.5 Å². The molecule has 1 aliphatic rings. The van der Waals surface area contributed by atoms with Gasteiger partial charge in [0.25, 0.3) is 15.9 Å². The lowest BCUT2D eigenvalue weighted by Crippen LogP contribution is -2.41. The number of nitrogens with one attached hydrogen (secondary N) is 1. The van der Waals surface area contributed by atoms with Gasteiger partial charge in [-0.3, -0.25) is 4.79 Å². The number of carbonyl (C=O) groups is 1. The summed E-state index contributed by atoms with van der Waals surface area (Å²) in [5, 5.41) is 0. The largest absolute Gasteiger partial charge is 0.497 e. The molecule has 1 saturated heterocycles. The highest BCUT2D eigenvalue weighted by Gasteiger charge is 2.38. The van der Waals surface area contributed by atoms with Gasteiger partial charge >= 0.3 is 0 Å². The summed E-state index contributed by atoms with van der Waals surface area (Å²) in [6, 6.07) is 1.44. The van der Waals surface area contributed by atoms with Crippen LogP contribution in [0.25, 0.3) is 0 Å². The zero-order valence-electron chi connectivity index (χ0n) is 12.8. The predicted molar refractivity (Wildman–Crippen MR) is 76.4 cm³/mol. The number of carbonyl (C=O) groups excluding carboxylic acids is 1. The molecule has 1 N–H and O–H groups in total. The van der Waals surface area contributed by atoms with E-state index in [0.717, 1.165) is 12.1 Å². The smallest absolute Gasteiger partial charge is 0.269 e. The summed E-state index contributed by atoms with van der Waals surface area (Å²) in [5.74, 6) is -4.03. The normalized spacial score (nSPS) is 24.5. The average molecular weight is 349 g/mol. The number of methoxy groups -OCH3 is 1. The van der Waals surface area contributed by atoms with Crippen molar-refractivity contribution in [2.24, 2.45) is 5.92 Å². The summed E-state index contributed by atoms with van der Waals surface area (Å²) in [6.45, 7) is 3.48. The lowest BCUT2D eigenvalue weighted by molar-refractivity contribution is -0.131. The number of rotatable bonds is 4. The van der Waals surface area contributed by atoms with Gasteiger partial charge in [0.2, 0.25) is 0 Å². The standard InChI is InChI=1S/C14H17F2NO5S/c1-7-4-8(2)22-12(7)14(18)17-23(19,20)13-10(15)5-9(21-3)6-11(13)16/h5-8,12H,4H2,1-3H3,(H,17,18)/t7-,8+,12-/m1/s1. The van der Waals surface area contributed by atoms with Crippen molar-refractivity contribution >= 4 is 15.9 Å². The van der Waals surface area contributed by atoms with Crippen LogP contribution in [0.2, 0.25) is 0 Å². The maximum absolute atomic E-state index is 13.9. The molecule has 1 aliphatic heterocycles. The van der Waals surface area contributed by atoms with Crippen LogP contribution in [0.1, 0.15) is 20.3 Å². The van der Waals surface area contributed by atoms with Gasteiger partial charge in [0.05, 0.1) is 13.2 Å². The summed E-state index contributed by atoms with van der Waals surface area (Å²) in [7, 11) is -3.52. The molecule has 0 aliphatic carbocycles. The van der Waals surface area contributed by atoms with Crippen molar-refractivity contribution in [2.45, 2.75) is 37.4 Å². The van der Waals surface area contributed by atoms with E-state index < -0.39 is 38.6 Å². The Balaban J connectivity index is 2.28. The summed E-state index contributed by atoms with van der Waals surface area (Å²) >= 11 is 0. The topological polar surface area (TPSA) is 81.7 Å². The fourth-order valence-electron chi connectivity index (χ4n) is 2.56. The number of benzene rings is 1. The zero-order valence-corrected chi connectivity index (χ0v) is 13.6. The third-order valence-corrected chi connectivity index (χ3v) is 4.97. The number of ether oxygens (including phenoxy) is 2. The van der Waals surface area contributed by atoms with Gasteiger partial charge in [-0.1, -0.05) is 6.92 Å². The summed E-state index contributed by atoms with van der Waals surface area (Å²) in [6.07, 6.45) is -0.592. The number of sulfonamides is 1. The Kier molecular flexibility index (Phi) is 4.90. The molecule has 0 saturated carbocycles. The second kappa shape index (κ2) is 6.40. The third kappa shape index (κ3) is 3.61. The molecule has 0 bridgehead atoms. The highest BCUT2D eigenvalue weighted by Crippen LogP contribution is 2.27. The van der Waals surface area contributed by atoms with Crippen LogP contribution in [0.4, 0.5) is 8.78 Å². The molecule has 0 radical (unpaired) electrons. The van der Waals surface area contributed by atoms with E-state index in [-0.39, 0.29) is 17.8 Å². The molecule has 6 nitrogen and oxygen atoms in total. The van der Waals surface area contributed by atoms with Crippen LogP contribution >= 0.6 is 0 Å². The van der Waals surface area contributed by atoms with Gasteiger partial charge in [-0.25, -0.2) is 21.9 Å². The maximum atomic E-state index is 13.9. The first-order chi connectivity index (χ1) is 10.7. The van der Waals surface area contributed by atoms with Crippen molar-refractivity contribution in [3.63, 3.8) is 0 Å². The van der Waals surface area contributed by atoms with Gasteiger partial charge in [-0.2, -0.15) is 0 Å². The molecule has 1 heterocycles. The molecule has 128 valence electrons. The Hall–Kier alpha value is -1.74. The first-order valence-electron chi connectivity index (χ1n) is 6.91. The molecule has 0 unspecified atom stereocenters. The van der Waals surface area contributed by atoms with Crippen LogP contribution in [0.15, 0.2) is 17.0 Å². The minimum absolute atomic E-state index is 0.174. The van der Waals surface area contributed by atoms with Crippen molar-refractivity contribution in [3.05, 3.63) is 23.8 Å². The molecule has 0 spiro atoms. The first-order valence-corrected chi connectivity index (χ1v) is 8.39. The van der Waals surface area contributed by atoms with Crippen molar-refractivity contribution in [2.75, 3.05) is 7.11 Å². The third-order valence-electron chi connectivity index (χ3n) is 3.57. The second-order valence-corrected chi connectivity index (χ2v) is 7.09. The number of amides is 1. The molecule has 23 heavy (non-hydrogen) atoms. The molecular weight excluding hydrogens is 332 g/mol. The lowest BCUT2D eigenvalue weighted by Gasteiger charge is -2.15. The molecule has 1 fully saturated rings. The maximum Gasteiger partial charge on any atom is 0.269 e. The van der Waals surface area contributed by atoms with E-state index in [1.165, 1.54) is 7.11 Å². The van der Waals surface area contributed by atoms with Crippen molar-refractivity contribution in [3.8, 4) is 5.75 Å². The van der Waals surface area contributed by atoms with Crippen LogP contribution in [0, 0.1) is 17.6 Å². The molecular formula is C14H17F2NO5S. The highest BCUT2D eigenvalue weighted by molar-refractivity contribution is 7.90. The van der Waals surface area contributed by atoms with Gasteiger partial charge < -0.3 is 9.47 Å². The summed E-state index contributed by atoms with van der Waals surface area (Å²) < 4.78 is 63.6. The van der Waals surface area contributed by atoms with Gasteiger partial charge in [-0.05, 0) is 19.3 Å². The monoisotopic (exact) mass is 349 g/mol. The SMILES string of the molecule is COc1cc(F)c(S(=O)(=O)NC(=O)[C@@H]2O[C@@H](C)C[C@H]2C)c(F)c1. The van der Waals surface area contributed by atoms with Crippen molar-refractivity contribution in [1.29, 1.82) is 0 Å². The van der Waals surface area contributed by atoms with E-state index in [2.05, 4.69) is 4.74 Å². The lowest BCUT2D eigenvalue weighted by atomic mass is 10.0. The molecule has 3 atom stereocenters. The molecule has 1 aromatic rings. The van der Waals surface area contributed by atoms with Crippen LogP contribution in [-0.2, 0) is 19.6 Å². The number of halogens is 2. The molecule has 0 aromatic heterocycles. The molecule has 9 heteroatoms. The number of hydrogen-bond acceptors (Lipinski definition) is 5. The first kappa shape index (κ1) is 17.6. The summed E-state index contributed by atoms with van der Waals surface area (Å²) in [4.78, 5) is 10.8. The second-order valence-electron chi connectivity index (χ2n) is 5.47. The van der Waals surface area contributed by atoms with E-state index in [1.807, 2.05) is 0 Å². The zero-order chi connectivity index (χ0) is 17.4. The Morgan fingerprint density at radius 2 is 1.87 bits per heavy atom. The minimum Gasteiger partial charge on any atom is -0.497 e. The van der Waals surface area contributed by atoms with Crippen LogP contribution in [-0.4, -0.2) is 33.6 Å². The van der Waals surface area contributed by atoms with E-state index in [4.69, 9.17) is 4.74 Å². The van der Waals surface area contributed by atoms with E-state index in [1.54, 1.807) is 18.6 Å². The van der Waals surface area contributed by atoms with E-state index in [0.29, 0.717) is 6.42 Å². The average Bonchev–Trinajstić information content (AvgIpc) is 2.75. The van der Waals surface area contributed by atoms with Crippen LogP contribution in [0.3, 0.4) is 0 Å². The van der Waals surface area contributed by atoms with Gasteiger partial charge in [0, 0.05) is 12.1 Å². The van der Waals surface area contributed by atoms with Gasteiger partial charge in [-0.15, -0.1) is 0 Å². The van der Waals surface area contributed by atoms with Gasteiger partial charge in [0.15, 0.2) is 4.90 Å². The predicted octanol–water partition coefficient (Wildman–Crippen LogP) is 1.59. The Bertz CT molecular complexity index is 699. The van der Waals surface area contributed by atoms with E-state index in [9.17, 15) is 22.0 Å². The Morgan fingerprint density at radius 3 is 2.30 bits per heavy atom. The fourth-order valence-corrected chi connectivity index (χ4v) is 3.67. The van der Waals surface area contributed by atoms with Crippen molar-refractivity contribution in [1.82, 2.24) is 4.72 Å². The summed E-state index contributed by atoms with van der Waals surface area (Å²) in [5.41, 5.74) is 0. The van der Waals surface area contributed by atoms with Crippen LogP contribution < -0.4 is 9.46 Å². The molecule has 2 rings (SSSR count). The number of hydrogen-bond donors (Lipinski definition) is 1. The minimum atomic E-state index is -4.71. The van der Waals surface area contributed by atoms with E-state index >= 15 is 0 Å². The van der Waals surface area contributed by atoms with Crippen LogP contribution in [0.5, 0.6) is 5.75 Å². The fraction of sp³-hybridized carbons (Fsp3) is 0.500. The molecule has 1 amide bonds. The Labute approximate surface area is 132 Å². The molecule has 1 aromatic carbocycles. The highest BCUT2D eigenvalue weighted by atomic mass is 32.2. The van der Waals surface area contributed by atoms with Crippen molar-refractivity contribution < 1.29 is 31.5 Å². The Morgan fingerprint density at radius 1 is 1.30 bits per heavy atom.